The molecule has 42 heavy (non-hydrogen) atoms. The molecule has 218 valence electrons. The van der Waals surface area contributed by atoms with Gasteiger partial charge in [0, 0.05) is 54.8 Å². The number of anilines is 1. The van der Waals surface area contributed by atoms with Gasteiger partial charge in [-0.3, -0.25) is 14.3 Å². The van der Waals surface area contributed by atoms with Gasteiger partial charge in [0.25, 0.3) is 0 Å². The number of aromatic nitrogens is 4. The van der Waals surface area contributed by atoms with E-state index in [1.54, 1.807) is 30.4 Å². The van der Waals surface area contributed by atoms with Gasteiger partial charge < -0.3 is 19.1 Å². The van der Waals surface area contributed by atoms with Gasteiger partial charge in [0.05, 0.1) is 18.0 Å². The summed E-state index contributed by atoms with van der Waals surface area (Å²) < 4.78 is 12.5. The third-order valence-electron chi connectivity index (χ3n) is 8.25. The average molecular weight is 571 g/mol. The number of esters is 1. The number of para-hydroxylation sites is 1. The highest BCUT2D eigenvalue weighted by atomic mass is 16.5. The van der Waals surface area contributed by atoms with Crippen LogP contribution in [0, 0.1) is 5.92 Å². The molecule has 0 aliphatic carbocycles. The Balaban J connectivity index is 1.09. The van der Waals surface area contributed by atoms with Crippen LogP contribution in [0.1, 0.15) is 51.8 Å². The quantitative estimate of drug-likeness (QED) is 0.304. The average Bonchev–Trinajstić information content (AvgIpc) is 3.76. The van der Waals surface area contributed by atoms with Gasteiger partial charge in [0.15, 0.2) is 5.54 Å². The summed E-state index contributed by atoms with van der Waals surface area (Å²) in [5.74, 6) is 0.415. The Morgan fingerprint density at radius 1 is 1.10 bits per heavy atom. The molecule has 11 nitrogen and oxygen atoms in total. The van der Waals surface area contributed by atoms with E-state index in [1.165, 1.54) is 0 Å². The molecule has 1 unspecified atom stereocenters. The van der Waals surface area contributed by atoms with E-state index in [9.17, 15) is 14.4 Å². The number of benzene rings is 2. The molecule has 4 aromatic rings. The lowest BCUT2D eigenvalue weighted by Gasteiger charge is -2.32. The van der Waals surface area contributed by atoms with E-state index in [2.05, 4.69) is 15.2 Å². The number of ether oxygens (including phenoxy) is 1. The monoisotopic (exact) mass is 570 g/mol. The third-order valence-corrected chi connectivity index (χ3v) is 8.25. The lowest BCUT2D eigenvalue weighted by atomic mass is 9.95. The highest BCUT2D eigenvalue weighted by Gasteiger charge is 2.39. The Labute approximate surface area is 243 Å². The van der Waals surface area contributed by atoms with Crippen LogP contribution in [-0.4, -0.2) is 68.8 Å². The van der Waals surface area contributed by atoms with Crippen molar-refractivity contribution in [2.24, 2.45) is 5.92 Å². The Morgan fingerprint density at radius 2 is 1.86 bits per heavy atom. The largest absolute Gasteiger partial charge is 0.464 e. The van der Waals surface area contributed by atoms with E-state index in [4.69, 9.17) is 9.26 Å². The van der Waals surface area contributed by atoms with Crippen molar-refractivity contribution in [1.29, 1.82) is 0 Å². The fourth-order valence-electron chi connectivity index (χ4n) is 5.70. The SMILES string of the molecule is CCOC(=O)C(C)(C)n1cc2ccc(-c3noc(C4CCN(C(=O)C5CC(=O)N(c6ccccc6)C5)CC4)n3)cc2n1. The van der Waals surface area contributed by atoms with Gasteiger partial charge in [-0.2, -0.15) is 10.1 Å². The molecule has 0 spiro atoms. The van der Waals surface area contributed by atoms with Crippen molar-refractivity contribution < 1.29 is 23.6 Å². The van der Waals surface area contributed by atoms with E-state index < -0.39 is 5.54 Å². The molecular weight excluding hydrogens is 536 g/mol. The summed E-state index contributed by atoms with van der Waals surface area (Å²) in [5, 5.41) is 9.73. The second kappa shape index (κ2) is 11.0. The topological polar surface area (TPSA) is 124 Å². The van der Waals surface area contributed by atoms with Crippen LogP contribution in [0.2, 0.25) is 0 Å². The normalized spacial score (nSPS) is 18.2. The molecule has 2 aliphatic rings. The minimum absolute atomic E-state index is 0.0134. The predicted octanol–water partition coefficient (Wildman–Crippen LogP) is 4.14. The molecule has 2 aliphatic heterocycles. The number of fused-ring (bicyclic) bond motifs is 1. The zero-order chi connectivity index (χ0) is 29.4. The van der Waals surface area contributed by atoms with Crippen LogP contribution in [0.25, 0.3) is 22.3 Å². The fraction of sp³-hybridized carbons (Fsp3) is 0.419. The highest BCUT2D eigenvalue weighted by Crippen LogP contribution is 2.32. The Kier molecular flexibility index (Phi) is 7.26. The van der Waals surface area contributed by atoms with Crippen LogP contribution >= 0.6 is 0 Å². The van der Waals surface area contributed by atoms with Gasteiger partial charge in [0.1, 0.15) is 0 Å². The number of likely N-dealkylation sites (tertiary alicyclic amines) is 1. The summed E-state index contributed by atoms with van der Waals surface area (Å²) in [6.07, 6.45) is 3.49. The maximum absolute atomic E-state index is 13.3. The van der Waals surface area contributed by atoms with Crippen LogP contribution in [0.15, 0.2) is 59.3 Å². The number of hydrogen-bond donors (Lipinski definition) is 0. The van der Waals surface area contributed by atoms with Gasteiger partial charge in [-0.05, 0) is 51.8 Å². The molecule has 2 aromatic heterocycles. The summed E-state index contributed by atoms with van der Waals surface area (Å²) in [4.78, 5) is 46.5. The molecule has 4 heterocycles. The summed E-state index contributed by atoms with van der Waals surface area (Å²) in [6, 6.07) is 15.2. The standard InChI is InChI=1S/C31H34N6O5/c1-4-41-30(40)31(2,3)37-19-22-11-10-21(16-25(22)33-37)27-32-28(42-34-27)20-12-14-35(15-13-20)29(39)23-17-26(38)36(18-23)24-8-6-5-7-9-24/h5-11,16,19-20,23H,4,12-15,17-18H2,1-3H3. The molecule has 0 bridgehead atoms. The number of hydrogen-bond acceptors (Lipinski definition) is 8. The molecule has 2 amide bonds. The number of piperidine rings is 1. The van der Waals surface area contributed by atoms with Crippen molar-refractivity contribution >= 4 is 34.4 Å². The van der Waals surface area contributed by atoms with E-state index in [1.807, 2.05) is 59.6 Å². The summed E-state index contributed by atoms with van der Waals surface area (Å²) in [7, 11) is 0. The van der Waals surface area contributed by atoms with Crippen LogP contribution in [0.5, 0.6) is 0 Å². The fourth-order valence-corrected chi connectivity index (χ4v) is 5.70. The molecule has 0 saturated carbocycles. The van der Waals surface area contributed by atoms with Crippen LogP contribution in [0.4, 0.5) is 5.69 Å². The molecule has 11 heteroatoms. The summed E-state index contributed by atoms with van der Waals surface area (Å²) >= 11 is 0. The van der Waals surface area contributed by atoms with E-state index >= 15 is 0 Å². The molecule has 0 radical (unpaired) electrons. The van der Waals surface area contributed by atoms with Gasteiger partial charge in [0.2, 0.25) is 23.5 Å². The molecule has 2 saturated heterocycles. The number of carbonyl (C=O) groups is 3. The Bertz CT molecular complexity index is 1620. The van der Waals surface area contributed by atoms with Crippen LogP contribution in [-0.2, 0) is 24.7 Å². The Morgan fingerprint density at radius 3 is 2.60 bits per heavy atom. The maximum atomic E-state index is 13.3. The van der Waals surface area contributed by atoms with Crippen molar-refractivity contribution in [2.45, 2.75) is 51.5 Å². The minimum atomic E-state index is -0.945. The van der Waals surface area contributed by atoms with Crippen LogP contribution in [0.3, 0.4) is 0 Å². The molecule has 2 fully saturated rings. The smallest absolute Gasteiger partial charge is 0.333 e. The van der Waals surface area contributed by atoms with E-state index in [0.717, 1.165) is 16.6 Å². The minimum Gasteiger partial charge on any atom is -0.464 e. The van der Waals surface area contributed by atoms with Gasteiger partial charge >= 0.3 is 5.97 Å². The Hall–Kier alpha value is -4.54. The molecule has 1 atom stereocenters. The number of nitrogens with zero attached hydrogens (tertiary/aromatic N) is 6. The molecular formula is C31H34N6O5. The maximum Gasteiger partial charge on any atom is 0.333 e. The van der Waals surface area contributed by atoms with Crippen molar-refractivity contribution in [3.05, 3.63) is 60.6 Å². The third kappa shape index (κ3) is 5.15. The van der Waals surface area contributed by atoms with E-state index in [-0.39, 0.29) is 36.0 Å². The molecule has 2 aromatic carbocycles. The lowest BCUT2D eigenvalue weighted by Crippen LogP contribution is -2.42. The highest BCUT2D eigenvalue weighted by molar-refractivity contribution is 6.00. The van der Waals surface area contributed by atoms with Crippen LogP contribution < -0.4 is 4.90 Å². The van der Waals surface area contributed by atoms with Crippen molar-refractivity contribution in [1.82, 2.24) is 24.8 Å². The van der Waals surface area contributed by atoms with Crippen molar-refractivity contribution in [2.75, 3.05) is 31.1 Å². The second-order valence-electron chi connectivity index (χ2n) is 11.4. The first-order valence-corrected chi connectivity index (χ1v) is 14.4. The van der Waals surface area contributed by atoms with Crippen molar-refractivity contribution in [3.8, 4) is 11.4 Å². The second-order valence-corrected chi connectivity index (χ2v) is 11.4. The first kappa shape index (κ1) is 27.6. The van der Waals surface area contributed by atoms with Gasteiger partial charge in [-0.25, -0.2) is 4.79 Å². The zero-order valence-corrected chi connectivity index (χ0v) is 24.0. The first-order valence-electron chi connectivity index (χ1n) is 14.4. The summed E-state index contributed by atoms with van der Waals surface area (Å²) in [6.45, 7) is 7.20. The molecule has 6 rings (SSSR count). The molecule has 0 N–H and O–H groups in total. The number of carbonyl (C=O) groups excluding carboxylic acids is 3. The number of rotatable bonds is 7. The lowest BCUT2D eigenvalue weighted by molar-refractivity contribution is -0.152. The zero-order valence-electron chi connectivity index (χ0n) is 24.0. The van der Waals surface area contributed by atoms with Gasteiger partial charge in [-0.1, -0.05) is 35.5 Å². The van der Waals surface area contributed by atoms with E-state index in [0.29, 0.717) is 56.3 Å². The van der Waals surface area contributed by atoms with Crippen molar-refractivity contribution in [3.63, 3.8) is 0 Å². The number of amides is 2. The summed E-state index contributed by atoms with van der Waals surface area (Å²) in [5.41, 5.74) is 1.36. The van der Waals surface area contributed by atoms with Gasteiger partial charge in [-0.15, -0.1) is 0 Å². The predicted molar refractivity (Wildman–Crippen MR) is 154 cm³/mol. The first-order chi connectivity index (χ1) is 20.2.